The maximum Gasteiger partial charge on any atom is 0.264 e. The normalized spacial score (nSPS) is 21.1. The summed E-state index contributed by atoms with van der Waals surface area (Å²) in [6.45, 7) is 5.58. The van der Waals surface area contributed by atoms with E-state index in [9.17, 15) is 9.59 Å². The maximum absolute atomic E-state index is 12.7. The van der Waals surface area contributed by atoms with Gasteiger partial charge in [-0.2, -0.15) is 5.10 Å². The van der Waals surface area contributed by atoms with Crippen LogP contribution >= 0.6 is 11.3 Å². The van der Waals surface area contributed by atoms with Crippen molar-refractivity contribution in [3.63, 3.8) is 0 Å². The van der Waals surface area contributed by atoms with Crippen molar-refractivity contribution in [3.05, 3.63) is 40.8 Å². The van der Waals surface area contributed by atoms with Gasteiger partial charge in [0.1, 0.15) is 0 Å². The van der Waals surface area contributed by atoms with Crippen molar-refractivity contribution >= 4 is 23.2 Å². The standard InChI is InChI=1S/C19H25N5O3S/c25-18(15-21-10-11-27-16(13-21)14-24-5-2-4-20-24)22-6-8-23(9-7-22)19(26)17-3-1-12-28-17/h1-5,12,16H,6-11,13-15H2. The summed E-state index contributed by atoms with van der Waals surface area (Å²) in [4.78, 5) is 31.8. The predicted molar refractivity (Wildman–Crippen MR) is 105 cm³/mol. The summed E-state index contributed by atoms with van der Waals surface area (Å²) in [5.41, 5.74) is 0. The third kappa shape index (κ3) is 4.60. The Hall–Kier alpha value is -2.23. The lowest BCUT2D eigenvalue weighted by Crippen LogP contribution is -2.54. The van der Waals surface area contributed by atoms with E-state index in [4.69, 9.17) is 4.74 Å². The second-order valence-corrected chi connectivity index (χ2v) is 8.05. The van der Waals surface area contributed by atoms with E-state index in [1.54, 1.807) is 6.20 Å². The first-order valence-corrected chi connectivity index (χ1v) is 10.5. The summed E-state index contributed by atoms with van der Waals surface area (Å²) < 4.78 is 7.67. The van der Waals surface area contributed by atoms with E-state index < -0.39 is 0 Å². The number of thiophene rings is 1. The number of amides is 2. The van der Waals surface area contributed by atoms with Gasteiger partial charge in [0, 0.05) is 51.7 Å². The average Bonchev–Trinajstić information content (AvgIpc) is 3.42. The fourth-order valence-electron chi connectivity index (χ4n) is 3.66. The van der Waals surface area contributed by atoms with E-state index >= 15 is 0 Å². The van der Waals surface area contributed by atoms with Crippen LogP contribution in [0, 0.1) is 0 Å². The molecule has 0 bridgehead atoms. The molecular formula is C19H25N5O3S. The average molecular weight is 404 g/mol. The van der Waals surface area contributed by atoms with Crippen molar-refractivity contribution in [3.8, 4) is 0 Å². The Morgan fingerprint density at radius 3 is 2.68 bits per heavy atom. The van der Waals surface area contributed by atoms with Crippen molar-refractivity contribution in [1.82, 2.24) is 24.5 Å². The first kappa shape index (κ1) is 19.1. The Kier molecular flexibility index (Phi) is 6.04. The SMILES string of the molecule is O=C(CN1CCOC(Cn2cccn2)C1)N1CCN(C(=O)c2cccs2)CC1. The van der Waals surface area contributed by atoms with Crippen LogP contribution in [-0.2, 0) is 16.1 Å². The van der Waals surface area contributed by atoms with Gasteiger partial charge in [-0.15, -0.1) is 11.3 Å². The van der Waals surface area contributed by atoms with Crippen LogP contribution in [0.15, 0.2) is 36.0 Å². The van der Waals surface area contributed by atoms with E-state index in [1.807, 2.05) is 44.3 Å². The lowest BCUT2D eigenvalue weighted by molar-refractivity contribution is -0.136. The minimum absolute atomic E-state index is 0.0433. The molecule has 0 aromatic carbocycles. The Bertz CT molecular complexity index is 772. The van der Waals surface area contributed by atoms with E-state index in [0.717, 1.165) is 18.0 Å². The molecule has 0 aliphatic carbocycles. The molecule has 2 aromatic rings. The zero-order valence-electron chi connectivity index (χ0n) is 15.8. The molecule has 1 atom stereocenters. The minimum atomic E-state index is 0.0433. The van der Waals surface area contributed by atoms with Crippen molar-refractivity contribution in [2.75, 3.05) is 52.4 Å². The maximum atomic E-state index is 12.7. The highest BCUT2D eigenvalue weighted by molar-refractivity contribution is 7.12. The van der Waals surface area contributed by atoms with Crippen LogP contribution in [0.2, 0.25) is 0 Å². The lowest BCUT2D eigenvalue weighted by atomic mass is 10.2. The summed E-state index contributed by atoms with van der Waals surface area (Å²) in [7, 11) is 0. The summed E-state index contributed by atoms with van der Waals surface area (Å²) in [6.07, 6.45) is 3.72. The Morgan fingerprint density at radius 1 is 1.14 bits per heavy atom. The molecule has 0 saturated carbocycles. The molecule has 4 heterocycles. The Balaban J connectivity index is 1.23. The fourth-order valence-corrected chi connectivity index (χ4v) is 4.35. The summed E-state index contributed by atoms with van der Waals surface area (Å²) in [6, 6.07) is 5.63. The van der Waals surface area contributed by atoms with Crippen LogP contribution in [0.3, 0.4) is 0 Å². The first-order valence-electron chi connectivity index (χ1n) is 9.61. The highest BCUT2D eigenvalue weighted by Gasteiger charge is 2.28. The topological polar surface area (TPSA) is 70.9 Å². The largest absolute Gasteiger partial charge is 0.374 e. The van der Waals surface area contributed by atoms with Gasteiger partial charge in [0.15, 0.2) is 0 Å². The molecule has 1 unspecified atom stereocenters. The van der Waals surface area contributed by atoms with Gasteiger partial charge in [0.25, 0.3) is 5.91 Å². The minimum Gasteiger partial charge on any atom is -0.374 e. The number of carbonyl (C=O) groups excluding carboxylic acids is 2. The molecule has 0 radical (unpaired) electrons. The van der Waals surface area contributed by atoms with Crippen LogP contribution in [-0.4, -0.2) is 94.8 Å². The van der Waals surface area contributed by atoms with Gasteiger partial charge in [-0.1, -0.05) is 6.07 Å². The van der Waals surface area contributed by atoms with Gasteiger partial charge in [-0.25, -0.2) is 0 Å². The van der Waals surface area contributed by atoms with Crippen LogP contribution in [0.25, 0.3) is 0 Å². The molecule has 2 aliphatic rings. The Labute approximate surface area is 168 Å². The number of nitrogens with zero attached hydrogens (tertiary/aromatic N) is 5. The lowest BCUT2D eigenvalue weighted by Gasteiger charge is -2.37. The van der Waals surface area contributed by atoms with Crippen LogP contribution < -0.4 is 0 Å². The number of ether oxygens (including phenoxy) is 1. The molecule has 0 spiro atoms. The molecular weight excluding hydrogens is 378 g/mol. The highest BCUT2D eigenvalue weighted by atomic mass is 32.1. The number of carbonyl (C=O) groups is 2. The molecule has 150 valence electrons. The molecule has 4 rings (SSSR count). The van der Waals surface area contributed by atoms with E-state index in [-0.39, 0.29) is 17.9 Å². The van der Waals surface area contributed by atoms with Gasteiger partial charge in [0.05, 0.1) is 30.7 Å². The van der Waals surface area contributed by atoms with Gasteiger partial charge in [-0.3, -0.25) is 19.2 Å². The zero-order chi connectivity index (χ0) is 19.3. The fraction of sp³-hybridized carbons (Fsp3) is 0.526. The molecule has 2 fully saturated rings. The number of rotatable bonds is 5. The van der Waals surface area contributed by atoms with Gasteiger partial charge in [-0.05, 0) is 17.5 Å². The van der Waals surface area contributed by atoms with Crippen LogP contribution in [0.4, 0.5) is 0 Å². The molecule has 2 amide bonds. The predicted octanol–water partition coefficient (Wildman–Crippen LogP) is 0.630. The number of hydrogen-bond donors (Lipinski definition) is 0. The first-order chi connectivity index (χ1) is 13.7. The van der Waals surface area contributed by atoms with Crippen LogP contribution in [0.1, 0.15) is 9.67 Å². The second-order valence-electron chi connectivity index (χ2n) is 7.11. The second kappa shape index (κ2) is 8.85. The monoisotopic (exact) mass is 403 g/mol. The summed E-state index contributed by atoms with van der Waals surface area (Å²) in [5, 5.41) is 6.13. The molecule has 2 saturated heterocycles. The molecule has 2 aliphatic heterocycles. The summed E-state index contributed by atoms with van der Waals surface area (Å²) in [5.74, 6) is 0.194. The van der Waals surface area contributed by atoms with E-state index in [2.05, 4.69) is 10.00 Å². The molecule has 28 heavy (non-hydrogen) atoms. The zero-order valence-corrected chi connectivity index (χ0v) is 16.6. The molecule has 8 nitrogen and oxygen atoms in total. The molecule has 9 heteroatoms. The van der Waals surface area contributed by atoms with Gasteiger partial charge >= 0.3 is 0 Å². The molecule has 0 N–H and O–H groups in total. The number of piperazine rings is 1. The summed E-state index contributed by atoms with van der Waals surface area (Å²) >= 11 is 1.46. The molecule has 2 aromatic heterocycles. The third-order valence-corrected chi connectivity index (χ3v) is 6.04. The van der Waals surface area contributed by atoms with Crippen LogP contribution in [0.5, 0.6) is 0 Å². The number of aromatic nitrogens is 2. The quantitative estimate of drug-likeness (QED) is 0.732. The smallest absolute Gasteiger partial charge is 0.264 e. The van der Waals surface area contributed by atoms with Crippen molar-refractivity contribution in [1.29, 1.82) is 0 Å². The van der Waals surface area contributed by atoms with Crippen molar-refractivity contribution in [2.24, 2.45) is 0 Å². The van der Waals surface area contributed by atoms with Gasteiger partial charge in [0.2, 0.25) is 5.91 Å². The number of hydrogen-bond acceptors (Lipinski definition) is 6. The van der Waals surface area contributed by atoms with Crippen molar-refractivity contribution < 1.29 is 14.3 Å². The third-order valence-electron chi connectivity index (χ3n) is 5.18. The van der Waals surface area contributed by atoms with E-state index in [0.29, 0.717) is 45.9 Å². The Morgan fingerprint density at radius 2 is 1.96 bits per heavy atom. The van der Waals surface area contributed by atoms with E-state index in [1.165, 1.54) is 11.3 Å². The number of morpholine rings is 1. The van der Waals surface area contributed by atoms with Crippen molar-refractivity contribution in [2.45, 2.75) is 12.6 Å². The highest BCUT2D eigenvalue weighted by Crippen LogP contribution is 2.14. The van der Waals surface area contributed by atoms with Gasteiger partial charge < -0.3 is 14.5 Å².